The Hall–Kier alpha value is -2.56. The molecule has 0 unspecified atom stereocenters. The number of aliphatic imine (C=N–C) groups is 1. The van der Waals surface area contributed by atoms with Crippen LogP contribution in [0.5, 0.6) is 0 Å². The fraction of sp³-hybridized carbons (Fsp3) is 0.333. The Morgan fingerprint density at radius 2 is 1.57 bits per heavy atom. The molecule has 0 bridgehead atoms. The van der Waals surface area contributed by atoms with Crippen molar-refractivity contribution in [2.45, 2.75) is 13.1 Å². The lowest BCUT2D eigenvalue weighted by atomic mass is 10.1. The van der Waals surface area contributed by atoms with Gasteiger partial charge in [-0.25, -0.2) is 4.99 Å². The highest BCUT2D eigenvalue weighted by Crippen LogP contribution is 2.07. The van der Waals surface area contributed by atoms with Crippen LogP contribution in [0.1, 0.15) is 11.1 Å². The lowest BCUT2D eigenvalue weighted by molar-refractivity contribution is 0.479. The van der Waals surface area contributed by atoms with Crippen LogP contribution in [-0.4, -0.2) is 48.5 Å². The van der Waals surface area contributed by atoms with E-state index in [0.29, 0.717) is 13.1 Å². The topological polar surface area (TPSA) is 40.8 Å². The summed E-state index contributed by atoms with van der Waals surface area (Å²) in [7, 11) is 7.94. The van der Waals surface area contributed by atoms with Gasteiger partial charge in [-0.15, -0.1) is 0 Å². The highest BCUT2D eigenvalue weighted by Gasteiger charge is 2.04. The number of hydrogen-bond acceptors (Lipinski definition) is 2. The van der Waals surface area contributed by atoms with E-state index in [1.165, 1.54) is 0 Å². The minimum Gasteiger partial charge on any atom is -0.349 e. The van der Waals surface area contributed by atoms with Gasteiger partial charge >= 0.3 is 0 Å². The molecule has 2 aromatic rings. The summed E-state index contributed by atoms with van der Waals surface area (Å²) in [5, 5.41) is 0. The van der Waals surface area contributed by atoms with Gasteiger partial charge in [0.25, 0.3) is 5.56 Å². The molecule has 122 valence electrons. The van der Waals surface area contributed by atoms with E-state index in [4.69, 9.17) is 0 Å². The fourth-order valence-electron chi connectivity index (χ4n) is 2.38. The SMILES string of the molecule is CN(C)C(=NCc1ccc(Cn2ccccc2=O)cc1)N(C)C. The molecule has 23 heavy (non-hydrogen) atoms. The van der Waals surface area contributed by atoms with E-state index in [2.05, 4.69) is 29.3 Å². The summed E-state index contributed by atoms with van der Waals surface area (Å²) in [6.45, 7) is 1.22. The van der Waals surface area contributed by atoms with Gasteiger partial charge < -0.3 is 14.4 Å². The van der Waals surface area contributed by atoms with Crippen LogP contribution in [0, 0.1) is 0 Å². The van der Waals surface area contributed by atoms with Crippen LogP contribution < -0.4 is 5.56 Å². The monoisotopic (exact) mass is 312 g/mol. The summed E-state index contributed by atoms with van der Waals surface area (Å²) in [4.78, 5) is 20.4. The van der Waals surface area contributed by atoms with E-state index in [0.717, 1.165) is 17.1 Å². The van der Waals surface area contributed by atoms with E-state index >= 15 is 0 Å². The summed E-state index contributed by atoms with van der Waals surface area (Å²) < 4.78 is 1.70. The van der Waals surface area contributed by atoms with Gasteiger partial charge in [0, 0.05) is 40.5 Å². The number of guanidine groups is 1. The van der Waals surface area contributed by atoms with Gasteiger partial charge in [0.2, 0.25) is 0 Å². The van der Waals surface area contributed by atoms with Crippen molar-refractivity contribution in [1.29, 1.82) is 0 Å². The smallest absolute Gasteiger partial charge is 0.250 e. The zero-order valence-electron chi connectivity index (χ0n) is 14.2. The Bertz CT molecular complexity index is 704. The zero-order chi connectivity index (χ0) is 16.8. The van der Waals surface area contributed by atoms with Crippen LogP contribution in [0.2, 0.25) is 0 Å². The van der Waals surface area contributed by atoms with Gasteiger partial charge in [-0.2, -0.15) is 0 Å². The summed E-state index contributed by atoms with van der Waals surface area (Å²) in [6.07, 6.45) is 1.81. The Balaban J connectivity index is 2.07. The quantitative estimate of drug-likeness (QED) is 0.639. The van der Waals surface area contributed by atoms with E-state index in [9.17, 15) is 4.79 Å². The molecule has 0 amide bonds. The molecule has 1 heterocycles. The van der Waals surface area contributed by atoms with Crippen molar-refractivity contribution in [1.82, 2.24) is 14.4 Å². The first-order chi connectivity index (χ1) is 11.0. The van der Waals surface area contributed by atoms with Crippen LogP contribution in [-0.2, 0) is 13.1 Å². The predicted octanol–water partition coefficient (Wildman–Crippen LogP) is 1.88. The summed E-state index contributed by atoms with van der Waals surface area (Å²) >= 11 is 0. The van der Waals surface area contributed by atoms with Gasteiger partial charge in [-0.05, 0) is 17.2 Å². The normalized spacial score (nSPS) is 10.3. The van der Waals surface area contributed by atoms with E-state index < -0.39 is 0 Å². The molecule has 0 saturated carbocycles. The molecule has 0 radical (unpaired) electrons. The molecule has 1 aromatic heterocycles. The molecular formula is C18H24N4O. The van der Waals surface area contributed by atoms with E-state index in [-0.39, 0.29) is 5.56 Å². The van der Waals surface area contributed by atoms with Crippen molar-refractivity contribution in [3.05, 3.63) is 70.1 Å². The first-order valence-corrected chi connectivity index (χ1v) is 7.60. The molecule has 5 nitrogen and oxygen atoms in total. The molecule has 0 aliphatic carbocycles. The second kappa shape index (κ2) is 7.63. The van der Waals surface area contributed by atoms with Crippen molar-refractivity contribution in [3.63, 3.8) is 0 Å². The van der Waals surface area contributed by atoms with Crippen molar-refractivity contribution in [3.8, 4) is 0 Å². The van der Waals surface area contributed by atoms with Crippen LogP contribution in [0.25, 0.3) is 0 Å². The fourth-order valence-corrected chi connectivity index (χ4v) is 2.38. The molecule has 5 heteroatoms. The van der Waals surface area contributed by atoms with Crippen molar-refractivity contribution in [2.24, 2.45) is 4.99 Å². The van der Waals surface area contributed by atoms with Crippen LogP contribution in [0.3, 0.4) is 0 Å². The highest BCUT2D eigenvalue weighted by atomic mass is 16.1. The van der Waals surface area contributed by atoms with Crippen molar-refractivity contribution < 1.29 is 0 Å². The maximum Gasteiger partial charge on any atom is 0.250 e. The minimum atomic E-state index is 0.0165. The van der Waals surface area contributed by atoms with Crippen LogP contribution in [0.4, 0.5) is 0 Å². The molecule has 0 N–H and O–H groups in total. The number of benzene rings is 1. The molecule has 0 saturated heterocycles. The van der Waals surface area contributed by atoms with Crippen LogP contribution >= 0.6 is 0 Å². The van der Waals surface area contributed by atoms with Gasteiger partial charge in [0.05, 0.1) is 13.1 Å². The Labute approximate surface area is 137 Å². The predicted molar refractivity (Wildman–Crippen MR) is 94.8 cm³/mol. The first kappa shape index (κ1) is 16.8. The summed E-state index contributed by atoms with van der Waals surface area (Å²) in [5.74, 6) is 0.935. The summed E-state index contributed by atoms with van der Waals surface area (Å²) in [5.41, 5.74) is 2.27. The molecule has 0 fully saturated rings. The first-order valence-electron chi connectivity index (χ1n) is 7.60. The highest BCUT2D eigenvalue weighted by molar-refractivity contribution is 5.79. The van der Waals surface area contributed by atoms with E-state index in [1.54, 1.807) is 22.9 Å². The second-order valence-electron chi connectivity index (χ2n) is 5.89. The molecular weight excluding hydrogens is 288 g/mol. The molecule has 2 rings (SSSR count). The zero-order valence-corrected chi connectivity index (χ0v) is 14.2. The maximum absolute atomic E-state index is 11.7. The van der Waals surface area contributed by atoms with Crippen molar-refractivity contribution >= 4 is 5.96 Å². The lowest BCUT2D eigenvalue weighted by Gasteiger charge is -2.22. The van der Waals surface area contributed by atoms with Crippen LogP contribution in [0.15, 0.2) is 58.4 Å². The maximum atomic E-state index is 11.7. The second-order valence-corrected chi connectivity index (χ2v) is 5.89. The molecule has 0 aliphatic heterocycles. The molecule has 0 atom stereocenters. The number of aromatic nitrogens is 1. The summed E-state index contributed by atoms with van der Waals surface area (Å²) in [6, 6.07) is 13.4. The number of hydrogen-bond donors (Lipinski definition) is 0. The number of pyridine rings is 1. The average Bonchev–Trinajstić information content (AvgIpc) is 2.50. The minimum absolute atomic E-state index is 0.0165. The Kier molecular flexibility index (Phi) is 5.57. The third-order valence-electron chi connectivity index (χ3n) is 3.48. The number of nitrogens with zero attached hydrogens (tertiary/aromatic N) is 4. The Morgan fingerprint density at radius 1 is 0.957 bits per heavy atom. The van der Waals surface area contributed by atoms with Gasteiger partial charge in [0.1, 0.15) is 0 Å². The van der Waals surface area contributed by atoms with E-state index in [1.807, 2.05) is 44.1 Å². The number of rotatable bonds is 4. The Morgan fingerprint density at radius 3 is 2.13 bits per heavy atom. The third kappa shape index (κ3) is 4.71. The van der Waals surface area contributed by atoms with Gasteiger partial charge in [0.15, 0.2) is 5.96 Å². The third-order valence-corrected chi connectivity index (χ3v) is 3.48. The van der Waals surface area contributed by atoms with Crippen molar-refractivity contribution in [2.75, 3.05) is 28.2 Å². The lowest BCUT2D eigenvalue weighted by Crippen LogP contribution is -2.35. The van der Waals surface area contributed by atoms with Gasteiger partial charge in [-0.1, -0.05) is 30.3 Å². The molecule has 0 spiro atoms. The molecule has 0 aliphatic rings. The molecule has 1 aromatic carbocycles. The standard InChI is InChI=1S/C18H24N4O/c1-20(2)18(21(3)4)19-13-15-8-10-16(11-9-15)14-22-12-6-5-7-17(22)23/h5-12H,13-14H2,1-4H3. The average molecular weight is 312 g/mol. The largest absolute Gasteiger partial charge is 0.349 e. The van der Waals surface area contributed by atoms with Gasteiger partial charge in [-0.3, -0.25) is 4.79 Å².